The molecule has 2 aliphatic rings. The van der Waals surface area contributed by atoms with Crippen LogP contribution in [0.1, 0.15) is 32.6 Å². The number of nitrogens with zero attached hydrogens (tertiary/aromatic N) is 2. The third-order valence-corrected chi connectivity index (χ3v) is 5.45. The van der Waals surface area contributed by atoms with Crippen LogP contribution in [0.2, 0.25) is 0 Å². The van der Waals surface area contributed by atoms with Gasteiger partial charge in [0.05, 0.1) is 14.2 Å². The molecule has 29 heavy (non-hydrogen) atoms. The number of nitrogens with one attached hydrogen (secondary N) is 1. The third-order valence-electron chi connectivity index (χ3n) is 5.45. The summed E-state index contributed by atoms with van der Waals surface area (Å²) >= 11 is 0. The predicted octanol–water partition coefficient (Wildman–Crippen LogP) is 2.01. The normalized spacial score (nSPS) is 22.1. The number of ether oxygens (including phenoxy) is 2. The summed E-state index contributed by atoms with van der Waals surface area (Å²) in [7, 11) is 2.97. The zero-order chi connectivity index (χ0) is 21.1. The first-order valence-corrected chi connectivity index (χ1v) is 9.58. The molecule has 156 valence electrons. The van der Waals surface area contributed by atoms with Gasteiger partial charge in [-0.1, -0.05) is 19.8 Å². The highest BCUT2D eigenvalue weighted by Gasteiger charge is 2.49. The monoisotopic (exact) mass is 403 g/mol. The molecule has 0 spiro atoms. The van der Waals surface area contributed by atoms with Gasteiger partial charge in [-0.3, -0.25) is 19.3 Å². The first-order chi connectivity index (χ1) is 13.9. The highest BCUT2D eigenvalue weighted by atomic mass is 16.5. The average molecular weight is 403 g/mol. The van der Waals surface area contributed by atoms with Gasteiger partial charge in [0, 0.05) is 17.8 Å². The quantitative estimate of drug-likeness (QED) is 0.575. The van der Waals surface area contributed by atoms with Crippen LogP contribution in [-0.4, -0.2) is 60.4 Å². The first-order valence-electron chi connectivity index (χ1n) is 9.58. The van der Waals surface area contributed by atoms with E-state index in [0.717, 1.165) is 24.2 Å². The van der Waals surface area contributed by atoms with Crippen LogP contribution in [0.3, 0.4) is 0 Å². The van der Waals surface area contributed by atoms with Crippen molar-refractivity contribution in [1.29, 1.82) is 0 Å². The Bertz CT molecular complexity index is 840. The summed E-state index contributed by atoms with van der Waals surface area (Å²) in [6.45, 7) is 1.44. The van der Waals surface area contributed by atoms with Crippen molar-refractivity contribution in [2.45, 2.75) is 38.6 Å². The smallest absolute Gasteiger partial charge is 0.334 e. The summed E-state index contributed by atoms with van der Waals surface area (Å²) in [6.07, 6.45) is 3.52. The molecule has 5 amide bonds. The minimum absolute atomic E-state index is 0.130. The molecular formula is C20H25N3O6. The number of hydrogen-bond acceptors (Lipinski definition) is 6. The van der Waals surface area contributed by atoms with Gasteiger partial charge in [-0.05, 0) is 30.9 Å². The van der Waals surface area contributed by atoms with Crippen LogP contribution in [0.25, 0.3) is 0 Å². The number of anilines is 1. The van der Waals surface area contributed by atoms with Gasteiger partial charge in [0.1, 0.15) is 6.54 Å². The molecule has 2 fully saturated rings. The van der Waals surface area contributed by atoms with E-state index < -0.39 is 30.3 Å². The fourth-order valence-electron chi connectivity index (χ4n) is 3.89. The van der Waals surface area contributed by atoms with Gasteiger partial charge in [-0.2, -0.15) is 0 Å². The number of urea groups is 1. The number of carbonyl (C=O) groups is 4. The maximum Gasteiger partial charge on any atom is 0.334 e. The molecule has 1 aromatic rings. The van der Waals surface area contributed by atoms with E-state index in [-0.39, 0.29) is 12.0 Å². The van der Waals surface area contributed by atoms with Crippen LogP contribution in [0, 0.1) is 5.92 Å². The zero-order valence-electron chi connectivity index (χ0n) is 16.8. The van der Waals surface area contributed by atoms with Crippen molar-refractivity contribution < 1.29 is 28.7 Å². The molecule has 2 atom stereocenters. The predicted molar refractivity (Wildman–Crippen MR) is 104 cm³/mol. The molecule has 1 aliphatic carbocycles. The van der Waals surface area contributed by atoms with E-state index in [1.807, 2.05) is 6.92 Å². The number of hydrogen-bond donors (Lipinski definition) is 1. The van der Waals surface area contributed by atoms with Crippen LogP contribution in [0.4, 0.5) is 10.5 Å². The van der Waals surface area contributed by atoms with Crippen LogP contribution >= 0.6 is 0 Å². The number of rotatable bonds is 6. The van der Waals surface area contributed by atoms with Gasteiger partial charge >= 0.3 is 17.8 Å². The van der Waals surface area contributed by atoms with E-state index in [0.29, 0.717) is 28.5 Å². The summed E-state index contributed by atoms with van der Waals surface area (Å²) in [5, 5.41) is 2.60. The number of amides is 5. The zero-order valence-corrected chi connectivity index (χ0v) is 16.8. The maximum absolute atomic E-state index is 12.7. The van der Waals surface area contributed by atoms with Crippen LogP contribution in [0.5, 0.6) is 11.5 Å². The third kappa shape index (κ3) is 4.03. The maximum atomic E-state index is 12.7. The first kappa shape index (κ1) is 20.6. The Morgan fingerprint density at radius 1 is 1.07 bits per heavy atom. The molecule has 1 N–H and O–H groups in total. The van der Waals surface area contributed by atoms with Gasteiger partial charge < -0.3 is 14.8 Å². The van der Waals surface area contributed by atoms with E-state index in [2.05, 4.69) is 5.32 Å². The van der Waals surface area contributed by atoms with Gasteiger partial charge in [-0.25, -0.2) is 9.69 Å². The summed E-state index contributed by atoms with van der Waals surface area (Å²) in [5.74, 6) is -1.36. The van der Waals surface area contributed by atoms with Gasteiger partial charge in [0.25, 0.3) is 0 Å². The minimum atomic E-state index is -0.963. The largest absolute Gasteiger partial charge is 0.493 e. The standard InChI is InChI=1S/C20H25N3O6/c1-12-6-4-5-7-14(12)23-19(26)18(25)22(20(23)27)11-17(24)21-13-8-9-15(28-2)16(10-13)29-3/h8-10,12,14H,4-7,11H2,1-3H3,(H,21,24)/t12-,14+/m1/s1. The number of imide groups is 2. The van der Waals surface area contributed by atoms with Gasteiger partial charge in [0.15, 0.2) is 11.5 Å². The highest BCUT2D eigenvalue weighted by molar-refractivity contribution is 6.45. The molecule has 3 rings (SSSR count). The molecule has 0 unspecified atom stereocenters. The van der Waals surface area contributed by atoms with Crippen molar-refractivity contribution in [2.24, 2.45) is 5.92 Å². The molecule has 1 heterocycles. The SMILES string of the molecule is COc1ccc(NC(=O)CN2C(=O)C(=O)N([C@H]3CCCC[C@H]3C)C2=O)cc1OC. The molecule has 9 heteroatoms. The Morgan fingerprint density at radius 3 is 2.41 bits per heavy atom. The molecule has 1 saturated heterocycles. The second kappa shape index (κ2) is 8.50. The van der Waals surface area contributed by atoms with Crippen LogP contribution in [0.15, 0.2) is 18.2 Å². The van der Waals surface area contributed by atoms with Crippen molar-refractivity contribution in [3.63, 3.8) is 0 Å². The Morgan fingerprint density at radius 2 is 1.76 bits per heavy atom. The van der Waals surface area contributed by atoms with E-state index in [4.69, 9.17) is 9.47 Å². The summed E-state index contributed by atoms with van der Waals surface area (Å²) in [5.41, 5.74) is 0.413. The topological polar surface area (TPSA) is 105 Å². The van der Waals surface area contributed by atoms with Gasteiger partial charge in [-0.15, -0.1) is 0 Å². The lowest BCUT2D eigenvalue weighted by Crippen LogP contribution is -2.46. The van der Waals surface area contributed by atoms with E-state index in [1.54, 1.807) is 18.2 Å². The van der Waals surface area contributed by atoms with Crippen LogP contribution in [-0.2, 0) is 14.4 Å². The van der Waals surface area contributed by atoms with Crippen LogP contribution < -0.4 is 14.8 Å². The highest BCUT2D eigenvalue weighted by Crippen LogP contribution is 2.32. The number of benzene rings is 1. The Labute approximate surface area is 168 Å². The van der Waals surface area contributed by atoms with Crippen molar-refractivity contribution in [1.82, 2.24) is 9.80 Å². The fourth-order valence-corrected chi connectivity index (χ4v) is 3.89. The molecule has 1 aromatic carbocycles. The molecule has 0 radical (unpaired) electrons. The Hall–Kier alpha value is -3.10. The summed E-state index contributed by atoms with van der Waals surface area (Å²) < 4.78 is 10.3. The number of methoxy groups -OCH3 is 2. The van der Waals surface area contributed by atoms with Crippen molar-refractivity contribution in [3.8, 4) is 11.5 Å². The lowest BCUT2D eigenvalue weighted by Gasteiger charge is -2.34. The minimum Gasteiger partial charge on any atom is -0.493 e. The average Bonchev–Trinajstić information content (AvgIpc) is 2.91. The van der Waals surface area contributed by atoms with E-state index in [1.165, 1.54) is 14.2 Å². The molecule has 0 bridgehead atoms. The summed E-state index contributed by atoms with van der Waals surface area (Å²) in [4.78, 5) is 51.7. The lowest BCUT2D eigenvalue weighted by atomic mass is 9.85. The fraction of sp³-hybridized carbons (Fsp3) is 0.500. The van der Waals surface area contributed by atoms with E-state index in [9.17, 15) is 19.2 Å². The van der Waals surface area contributed by atoms with E-state index >= 15 is 0 Å². The Balaban J connectivity index is 1.69. The van der Waals surface area contributed by atoms with Crippen molar-refractivity contribution >= 4 is 29.4 Å². The lowest BCUT2D eigenvalue weighted by molar-refractivity contribution is -0.145. The second-order valence-electron chi connectivity index (χ2n) is 7.30. The van der Waals surface area contributed by atoms with Crippen molar-refractivity contribution in [2.75, 3.05) is 26.1 Å². The molecule has 1 aliphatic heterocycles. The molecule has 9 nitrogen and oxygen atoms in total. The Kier molecular flexibility index (Phi) is 6.05. The molecule has 0 aromatic heterocycles. The van der Waals surface area contributed by atoms with Gasteiger partial charge in [0.2, 0.25) is 5.91 Å². The second-order valence-corrected chi connectivity index (χ2v) is 7.30. The molecule has 1 saturated carbocycles. The van der Waals surface area contributed by atoms with Crippen molar-refractivity contribution in [3.05, 3.63) is 18.2 Å². The summed E-state index contributed by atoms with van der Waals surface area (Å²) in [6, 6.07) is 3.77. The molecular weight excluding hydrogens is 378 g/mol. The number of carbonyl (C=O) groups excluding carboxylic acids is 4.